The Hall–Kier alpha value is -4.31. The molecule has 0 aliphatic rings. The smallest absolute Gasteiger partial charge is 0.379 e. The molecule has 1 aromatic heterocycles. The Balaban J connectivity index is 1.54. The minimum absolute atomic E-state index is 0.0148. The van der Waals surface area contributed by atoms with Crippen LogP contribution in [-0.4, -0.2) is 23.0 Å². The number of ether oxygens (including phenoxy) is 1. The minimum atomic E-state index is -0.797. The lowest BCUT2D eigenvalue weighted by Crippen LogP contribution is -2.20. The number of carbonyl (C=O) groups is 2. The van der Waals surface area contributed by atoms with Crippen molar-refractivity contribution in [3.63, 3.8) is 0 Å². The maximum atomic E-state index is 12.5. The van der Waals surface area contributed by atoms with E-state index in [1.165, 1.54) is 36.7 Å². The summed E-state index contributed by atoms with van der Waals surface area (Å²) in [5, 5.41) is 17.1. The van der Waals surface area contributed by atoms with Crippen molar-refractivity contribution in [3.05, 3.63) is 104 Å². The van der Waals surface area contributed by atoms with Crippen LogP contribution >= 0.6 is 15.9 Å². The second-order valence-corrected chi connectivity index (χ2v) is 7.93. The van der Waals surface area contributed by atoms with E-state index in [0.717, 1.165) is 16.3 Å². The topological polar surface area (TPSA) is 124 Å². The SMILES string of the molecule is O=C(Cc1cccc2ccccc12)NN=Cc1cc([N+](=O)[O-])cc(Br)c1OC(=O)c1ccco1. The summed E-state index contributed by atoms with van der Waals surface area (Å²) >= 11 is 3.18. The Labute approximate surface area is 201 Å². The molecular weight excluding hydrogens is 506 g/mol. The van der Waals surface area contributed by atoms with E-state index in [1.807, 2.05) is 42.5 Å². The van der Waals surface area contributed by atoms with Crippen LogP contribution in [0.25, 0.3) is 10.8 Å². The lowest BCUT2D eigenvalue weighted by molar-refractivity contribution is -0.385. The monoisotopic (exact) mass is 521 g/mol. The molecule has 0 atom stereocenters. The average molecular weight is 522 g/mol. The Morgan fingerprint density at radius 3 is 2.68 bits per heavy atom. The number of fused-ring (bicyclic) bond motifs is 1. The zero-order chi connectivity index (χ0) is 24.1. The number of amides is 1. The van der Waals surface area contributed by atoms with Gasteiger partial charge in [-0.05, 0) is 44.4 Å². The lowest BCUT2D eigenvalue weighted by atomic mass is 10.0. The van der Waals surface area contributed by atoms with E-state index in [1.54, 1.807) is 0 Å². The summed E-state index contributed by atoms with van der Waals surface area (Å²) in [4.78, 5) is 35.4. The van der Waals surface area contributed by atoms with Gasteiger partial charge < -0.3 is 9.15 Å². The van der Waals surface area contributed by atoms with Crippen LogP contribution in [0.4, 0.5) is 5.69 Å². The van der Waals surface area contributed by atoms with Crippen LogP contribution in [0.15, 0.2) is 87.0 Å². The number of nitro groups is 1. The normalized spacial score (nSPS) is 11.0. The fraction of sp³-hybridized carbons (Fsp3) is 0.0417. The largest absolute Gasteiger partial charge is 0.457 e. The van der Waals surface area contributed by atoms with E-state index in [4.69, 9.17) is 9.15 Å². The van der Waals surface area contributed by atoms with E-state index in [2.05, 4.69) is 26.5 Å². The molecule has 0 aliphatic heterocycles. The van der Waals surface area contributed by atoms with Crippen LogP contribution < -0.4 is 10.2 Å². The molecule has 1 N–H and O–H groups in total. The highest BCUT2D eigenvalue weighted by molar-refractivity contribution is 9.10. The van der Waals surface area contributed by atoms with Crippen molar-refractivity contribution < 1.29 is 23.7 Å². The molecule has 1 heterocycles. The summed E-state index contributed by atoms with van der Waals surface area (Å²) in [7, 11) is 0. The van der Waals surface area contributed by atoms with Gasteiger partial charge >= 0.3 is 5.97 Å². The van der Waals surface area contributed by atoms with Crippen LogP contribution in [0, 0.1) is 10.1 Å². The quantitative estimate of drug-likeness (QED) is 0.120. The molecule has 170 valence electrons. The van der Waals surface area contributed by atoms with Crippen LogP contribution in [0.5, 0.6) is 5.75 Å². The molecule has 0 bridgehead atoms. The van der Waals surface area contributed by atoms with Crippen molar-refractivity contribution in [1.82, 2.24) is 5.43 Å². The summed E-state index contributed by atoms with van der Waals surface area (Å²) in [6, 6.07) is 18.7. The summed E-state index contributed by atoms with van der Waals surface area (Å²) in [5.74, 6) is -1.24. The van der Waals surface area contributed by atoms with Crippen LogP contribution in [-0.2, 0) is 11.2 Å². The van der Waals surface area contributed by atoms with Gasteiger partial charge in [0.25, 0.3) is 5.69 Å². The first kappa shape index (κ1) is 22.9. The van der Waals surface area contributed by atoms with E-state index < -0.39 is 10.9 Å². The van der Waals surface area contributed by atoms with Crippen molar-refractivity contribution in [1.29, 1.82) is 0 Å². The third-order valence-electron chi connectivity index (χ3n) is 4.81. The van der Waals surface area contributed by atoms with Gasteiger partial charge in [-0.25, -0.2) is 10.2 Å². The van der Waals surface area contributed by atoms with Gasteiger partial charge in [0.1, 0.15) is 0 Å². The number of rotatable bonds is 7. The minimum Gasteiger partial charge on any atom is -0.457 e. The van der Waals surface area contributed by atoms with Gasteiger partial charge in [-0.15, -0.1) is 0 Å². The Morgan fingerprint density at radius 1 is 1.12 bits per heavy atom. The number of hydrazone groups is 1. The number of non-ortho nitro benzene ring substituents is 1. The standard InChI is InChI=1S/C24H16BrN3O6/c25-20-13-18(28(31)32)11-17(23(20)34-24(30)21-9-4-10-33-21)14-26-27-22(29)12-16-7-3-6-15-5-1-2-8-19(15)16/h1-11,13-14H,12H2,(H,27,29). The summed E-state index contributed by atoms with van der Waals surface area (Å²) in [6.45, 7) is 0. The van der Waals surface area contributed by atoms with Gasteiger partial charge in [0.05, 0.1) is 28.3 Å². The predicted octanol–water partition coefficient (Wildman–Crippen LogP) is 5.02. The summed E-state index contributed by atoms with van der Waals surface area (Å²) in [6.07, 6.45) is 2.57. The average Bonchev–Trinajstić information content (AvgIpc) is 3.36. The number of nitrogens with one attached hydrogen (secondary N) is 1. The molecule has 1 amide bonds. The highest BCUT2D eigenvalue weighted by Crippen LogP contribution is 2.33. The number of halogens is 1. The number of esters is 1. The molecule has 4 rings (SSSR count). The number of nitro benzene ring substituents is 1. The first-order valence-electron chi connectivity index (χ1n) is 9.94. The molecule has 34 heavy (non-hydrogen) atoms. The van der Waals surface area contributed by atoms with Gasteiger partial charge in [0.2, 0.25) is 11.7 Å². The second kappa shape index (κ2) is 10.1. The van der Waals surface area contributed by atoms with Crippen molar-refractivity contribution >= 4 is 50.5 Å². The van der Waals surface area contributed by atoms with Crippen molar-refractivity contribution in [2.45, 2.75) is 6.42 Å². The van der Waals surface area contributed by atoms with Gasteiger partial charge in [-0.2, -0.15) is 5.10 Å². The highest BCUT2D eigenvalue weighted by Gasteiger charge is 2.20. The molecule has 0 unspecified atom stereocenters. The number of hydrogen-bond donors (Lipinski definition) is 1. The molecule has 0 aliphatic carbocycles. The molecular formula is C24H16BrN3O6. The zero-order valence-corrected chi connectivity index (χ0v) is 19.0. The van der Waals surface area contributed by atoms with Crippen LogP contribution in [0.1, 0.15) is 21.7 Å². The molecule has 0 fully saturated rings. The molecule has 0 spiro atoms. The molecule has 10 heteroatoms. The molecule has 0 saturated heterocycles. The maximum absolute atomic E-state index is 12.5. The van der Waals surface area contributed by atoms with Gasteiger partial charge in [-0.3, -0.25) is 14.9 Å². The molecule has 0 radical (unpaired) electrons. The number of benzene rings is 3. The van der Waals surface area contributed by atoms with Crippen LogP contribution in [0.3, 0.4) is 0 Å². The molecule has 4 aromatic rings. The predicted molar refractivity (Wildman–Crippen MR) is 128 cm³/mol. The summed E-state index contributed by atoms with van der Waals surface area (Å²) < 4.78 is 10.5. The maximum Gasteiger partial charge on any atom is 0.379 e. The fourth-order valence-corrected chi connectivity index (χ4v) is 3.82. The third kappa shape index (κ3) is 5.18. The van der Waals surface area contributed by atoms with Gasteiger partial charge in [-0.1, -0.05) is 42.5 Å². The fourth-order valence-electron chi connectivity index (χ4n) is 3.28. The number of carbonyl (C=O) groups excluding carboxylic acids is 2. The Morgan fingerprint density at radius 2 is 1.91 bits per heavy atom. The first-order valence-corrected chi connectivity index (χ1v) is 10.7. The number of hydrogen-bond acceptors (Lipinski definition) is 7. The molecule has 9 nitrogen and oxygen atoms in total. The Kier molecular flexibility index (Phi) is 6.79. The van der Waals surface area contributed by atoms with E-state index in [0.29, 0.717) is 0 Å². The van der Waals surface area contributed by atoms with Gasteiger partial charge in [0, 0.05) is 17.7 Å². The summed E-state index contributed by atoms with van der Waals surface area (Å²) in [5.41, 5.74) is 3.08. The van der Waals surface area contributed by atoms with E-state index in [-0.39, 0.29) is 39.6 Å². The molecule has 0 saturated carbocycles. The highest BCUT2D eigenvalue weighted by atomic mass is 79.9. The van der Waals surface area contributed by atoms with Crippen LogP contribution in [0.2, 0.25) is 0 Å². The number of nitrogens with zero attached hydrogens (tertiary/aromatic N) is 2. The second-order valence-electron chi connectivity index (χ2n) is 7.08. The number of furan rings is 1. The van der Waals surface area contributed by atoms with E-state index >= 15 is 0 Å². The first-order chi connectivity index (χ1) is 16.4. The van der Waals surface area contributed by atoms with Crippen molar-refractivity contribution in [2.75, 3.05) is 0 Å². The van der Waals surface area contributed by atoms with Crippen molar-refractivity contribution in [3.8, 4) is 5.75 Å². The Bertz CT molecular complexity index is 1410. The van der Waals surface area contributed by atoms with Crippen molar-refractivity contribution in [2.24, 2.45) is 5.10 Å². The van der Waals surface area contributed by atoms with Gasteiger partial charge in [0.15, 0.2) is 5.75 Å². The van der Waals surface area contributed by atoms with E-state index in [9.17, 15) is 19.7 Å². The zero-order valence-electron chi connectivity index (χ0n) is 17.4. The third-order valence-corrected chi connectivity index (χ3v) is 5.40. The molecule has 3 aromatic carbocycles. The lowest BCUT2D eigenvalue weighted by Gasteiger charge is -2.09.